The number of nitrogens with zero attached hydrogens (tertiary/aromatic N) is 1. The fourth-order valence-corrected chi connectivity index (χ4v) is 6.13. The van der Waals surface area contributed by atoms with Crippen LogP contribution in [-0.4, -0.2) is 21.4 Å². The molecule has 1 amide bonds. The van der Waals surface area contributed by atoms with E-state index in [1.54, 1.807) is 48.3 Å². The Morgan fingerprint density at radius 2 is 1.84 bits per heavy atom. The summed E-state index contributed by atoms with van der Waals surface area (Å²) in [6.45, 7) is 0. The minimum Gasteiger partial charge on any atom is -0.461 e. The van der Waals surface area contributed by atoms with Crippen molar-refractivity contribution in [1.29, 1.82) is 0 Å². The molecule has 0 bridgehead atoms. The first-order chi connectivity index (χ1) is 14.9. The van der Waals surface area contributed by atoms with Crippen LogP contribution in [-0.2, 0) is 22.9 Å². The zero-order valence-corrected chi connectivity index (χ0v) is 17.8. The van der Waals surface area contributed by atoms with Gasteiger partial charge in [0.05, 0.1) is 10.6 Å². The van der Waals surface area contributed by atoms with Crippen LogP contribution in [0.5, 0.6) is 0 Å². The van der Waals surface area contributed by atoms with Crippen molar-refractivity contribution in [3.8, 4) is 0 Å². The number of benzene rings is 3. The van der Waals surface area contributed by atoms with E-state index in [2.05, 4.69) is 4.72 Å². The lowest BCUT2D eigenvalue weighted by atomic mass is 9.96. The summed E-state index contributed by atoms with van der Waals surface area (Å²) in [5, 5.41) is 2.20. The van der Waals surface area contributed by atoms with E-state index >= 15 is 0 Å². The van der Waals surface area contributed by atoms with Crippen LogP contribution in [0.25, 0.3) is 21.7 Å². The van der Waals surface area contributed by atoms with Crippen molar-refractivity contribution in [3.63, 3.8) is 0 Å². The molecule has 2 heterocycles. The van der Waals surface area contributed by atoms with Gasteiger partial charge in [0.25, 0.3) is 15.9 Å². The number of aryl methyl sites for hydroxylation is 2. The van der Waals surface area contributed by atoms with Crippen LogP contribution in [0.1, 0.15) is 34.5 Å². The summed E-state index contributed by atoms with van der Waals surface area (Å²) >= 11 is 0. The molecule has 0 atom stereocenters. The third-order valence-electron chi connectivity index (χ3n) is 6.37. The Kier molecular flexibility index (Phi) is 3.77. The van der Waals surface area contributed by atoms with Crippen molar-refractivity contribution in [2.75, 3.05) is 16.7 Å². The summed E-state index contributed by atoms with van der Waals surface area (Å²) in [7, 11) is -2.17. The first-order valence-corrected chi connectivity index (χ1v) is 11.8. The Hall–Kier alpha value is -3.32. The SMILES string of the molecule is CN1C(=O)c2cccc3c(S(=O)(=O)Nc4ccc5oc6c(c5c4)CCCC6)ccc1c23. The average Bonchev–Trinajstić information content (AvgIpc) is 3.25. The average molecular weight is 433 g/mol. The second-order valence-electron chi connectivity index (χ2n) is 8.20. The van der Waals surface area contributed by atoms with E-state index < -0.39 is 10.0 Å². The molecular weight excluding hydrogens is 412 g/mol. The van der Waals surface area contributed by atoms with Gasteiger partial charge in [-0.3, -0.25) is 9.52 Å². The fraction of sp³-hybridized carbons (Fsp3) is 0.208. The summed E-state index contributed by atoms with van der Waals surface area (Å²) in [5.41, 5.74) is 3.73. The summed E-state index contributed by atoms with van der Waals surface area (Å²) in [4.78, 5) is 14.2. The second kappa shape index (κ2) is 6.34. The van der Waals surface area contributed by atoms with Crippen LogP contribution in [0.15, 0.2) is 57.8 Å². The molecule has 2 aliphatic rings. The largest absolute Gasteiger partial charge is 0.461 e. The third kappa shape index (κ3) is 2.63. The quantitative estimate of drug-likeness (QED) is 0.502. The highest BCUT2D eigenvalue weighted by atomic mass is 32.2. The lowest BCUT2D eigenvalue weighted by Crippen LogP contribution is -2.20. The van der Waals surface area contributed by atoms with Gasteiger partial charge >= 0.3 is 0 Å². The number of nitrogens with one attached hydrogen (secondary N) is 1. The first kappa shape index (κ1) is 18.4. The van der Waals surface area contributed by atoms with Crippen LogP contribution < -0.4 is 9.62 Å². The molecule has 4 aromatic rings. The van der Waals surface area contributed by atoms with E-state index in [9.17, 15) is 13.2 Å². The predicted octanol–water partition coefficient (Wildman–Crippen LogP) is 4.86. The van der Waals surface area contributed by atoms with Gasteiger partial charge in [0.1, 0.15) is 11.3 Å². The van der Waals surface area contributed by atoms with Crippen LogP contribution in [0.3, 0.4) is 0 Å². The van der Waals surface area contributed by atoms with E-state index in [1.807, 2.05) is 12.1 Å². The fourth-order valence-electron chi connectivity index (χ4n) is 4.88. The van der Waals surface area contributed by atoms with Crippen molar-refractivity contribution in [3.05, 3.63) is 65.4 Å². The molecule has 0 saturated carbocycles. The van der Waals surface area contributed by atoms with E-state index in [0.29, 0.717) is 22.0 Å². The maximum Gasteiger partial charge on any atom is 0.262 e. The maximum atomic E-state index is 13.4. The zero-order valence-electron chi connectivity index (χ0n) is 16.9. The summed E-state index contributed by atoms with van der Waals surface area (Å²) in [5.74, 6) is 0.890. The number of amides is 1. The van der Waals surface area contributed by atoms with Gasteiger partial charge in [0.2, 0.25) is 0 Å². The molecule has 0 unspecified atom stereocenters. The highest BCUT2D eigenvalue weighted by Crippen LogP contribution is 2.40. The predicted molar refractivity (Wildman–Crippen MR) is 120 cm³/mol. The Morgan fingerprint density at radius 1 is 1.00 bits per heavy atom. The van der Waals surface area contributed by atoms with Crippen molar-refractivity contribution < 1.29 is 17.6 Å². The van der Waals surface area contributed by atoms with E-state index in [-0.39, 0.29) is 10.8 Å². The number of carbonyl (C=O) groups is 1. The molecule has 1 aromatic heterocycles. The van der Waals surface area contributed by atoms with Gasteiger partial charge in [0.15, 0.2) is 0 Å². The highest BCUT2D eigenvalue weighted by Gasteiger charge is 2.30. The van der Waals surface area contributed by atoms with Gasteiger partial charge in [-0.1, -0.05) is 12.1 Å². The van der Waals surface area contributed by atoms with Gasteiger partial charge < -0.3 is 9.32 Å². The molecule has 0 radical (unpaired) electrons. The summed E-state index contributed by atoms with van der Waals surface area (Å²) in [6.07, 6.45) is 4.12. The molecule has 6 nitrogen and oxygen atoms in total. The topological polar surface area (TPSA) is 79.6 Å². The third-order valence-corrected chi connectivity index (χ3v) is 7.81. The molecule has 31 heavy (non-hydrogen) atoms. The van der Waals surface area contributed by atoms with E-state index in [4.69, 9.17) is 4.42 Å². The van der Waals surface area contributed by atoms with Gasteiger partial charge in [-0.25, -0.2) is 8.42 Å². The number of rotatable bonds is 3. The van der Waals surface area contributed by atoms with Gasteiger partial charge in [0, 0.05) is 46.4 Å². The minimum atomic E-state index is -3.86. The van der Waals surface area contributed by atoms with Crippen LogP contribution in [0.2, 0.25) is 0 Å². The number of hydrogen-bond acceptors (Lipinski definition) is 4. The van der Waals surface area contributed by atoms with Gasteiger partial charge in [-0.15, -0.1) is 0 Å². The number of anilines is 2. The van der Waals surface area contributed by atoms with Crippen LogP contribution >= 0.6 is 0 Å². The maximum absolute atomic E-state index is 13.4. The summed E-state index contributed by atoms with van der Waals surface area (Å²) < 4.78 is 35.4. The Bertz CT molecular complexity index is 1520. The van der Waals surface area contributed by atoms with Crippen molar-refractivity contribution in [2.45, 2.75) is 30.6 Å². The molecule has 1 N–H and O–H groups in total. The Balaban J connectivity index is 1.45. The van der Waals surface area contributed by atoms with Crippen LogP contribution in [0, 0.1) is 0 Å². The van der Waals surface area contributed by atoms with Crippen molar-refractivity contribution in [2.24, 2.45) is 0 Å². The molecule has 1 aliphatic carbocycles. The molecule has 6 rings (SSSR count). The molecule has 0 spiro atoms. The van der Waals surface area contributed by atoms with E-state index in [0.717, 1.165) is 48.1 Å². The Morgan fingerprint density at radius 3 is 2.71 bits per heavy atom. The monoisotopic (exact) mass is 432 g/mol. The van der Waals surface area contributed by atoms with Gasteiger partial charge in [-0.2, -0.15) is 0 Å². The molecule has 7 heteroatoms. The minimum absolute atomic E-state index is 0.127. The van der Waals surface area contributed by atoms with Crippen LogP contribution in [0.4, 0.5) is 11.4 Å². The molecular formula is C24H20N2O4S. The number of carbonyl (C=O) groups excluding carboxylic acids is 1. The lowest BCUT2D eigenvalue weighted by Gasteiger charge is -2.13. The summed E-state index contributed by atoms with van der Waals surface area (Å²) in [6, 6.07) is 13.9. The number of sulfonamides is 1. The lowest BCUT2D eigenvalue weighted by molar-refractivity contribution is 0.0999. The number of hydrogen-bond donors (Lipinski definition) is 1. The molecule has 0 fully saturated rings. The second-order valence-corrected chi connectivity index (χ2v) is 9.85. The van der Waals surface area contributed by atoms with Crippen molar-refractivity contribution >= 4 is 49.0 Å². The number of fused-ring (bicyclic) bond motifs is 3. The normalized spacial score (nSPS) is 15.6. The van der Waals surface area contributed by atoms with E-state index in [1.165, 1.54) is 5.56 Å². The molecule has 1 aliphatic heterocycles. The first-order valence-electron chi connectivity index (χ1n) is 10.3. The number of furan rings is 1. The van der Waals surface area contributed by atoms with Crippen molar-refractivity contribution in [1.82, 2.24) is 0 Å². The molecule has 156 valence electrons. The standard InChI is InChI=1S/C24H20N2O4S/c1-26-19-10-12-22(16-6-4-7-17(23(16)19)24(26)27)31(28,29)25-14-9-11-21-18(13-14)15-5-2-3-8-20(15)30-21/h4,6-7,9-13,25H,2-3,5,8H2,1H3. The Labute approximate surface area is 179 Å². The van der Waals surface area contributed by atoms with Gasteiger partial charge in [-0.05, 0) is 55.7 Å². The molecule has 0 saturated heterocycles. The smallest absolute Gasteiger partial charge is 0.262 e. The molecule has 3 aromatic carbocycles. The highest BCUT2D eigenvalue weighted by molar-refractivity contribution is 7.93. The zero-order chi connectivity index (χ0) is 21.3.